The van der Waals surface area contributed by atoms with Crippen LogP contribution in [0.1, 0.15) is 60.6 Å². The van der Waals surface area contributed by atoms with Gasteiger partial charge in [-0.05, 0) is 49.9 Å². The number of nitrogens with zero attached hydrogens (tertiary/aromatic N) is 4. The minimum atomic E-state index is -0.0952. The van der Waals surface area contributed by atoms with Crippen LogP contribution in [0, 0.1) is 0 Å². The molecular formula is C21H29N5O2. The van der Waals surface area contributed by atoms with Crippen molar-refractivity contribution in [2.24, 2.45) is 0 Å². The normalized spacial score (nSPS) is 21.0. The highest BCUT2D eigenvalue weighted by Gasteiger charge is 2.25. The van der Waals surface area contributed by atoms with Gasteiger partial charge in [0, 0.05) is 19.1 Å². The van der Waals surface area contributed by atoms with Crippen LogP contribution < -0.4 is 10.1 Å². The first kappa shape index (κ1) is 18.9. The number of amides is 1. The van der Waals surface area contributed by atoms with Gasteiger partial charge in [-0.25, -0.2) is 4.68 Å². The summed E-state index contributed by atoms with van der Waals surface area (Å²) in [5.41, 5.74) is 1.67. The van der Waals surface area contributed by atoms with Crippen molar-refractivity contribution in [2.75, 3.05) is 20.2 Å². The molecule has 1 atom stereocenters. The molecule has 2 fully saturated rings. The average molecular weight is 383 g/mol. The summed E-state index contributed by atoms with van der Waals surface area (Å²) >= 11 is 0. The number of aromatic nitrogens is 3. The molecule has 1 amide bonds. The standard InChI is InChI=1S/C21H29N5O2/c1-28-19-10-4-6-16(12-19)13-25-11-5-9-18(14-25)26-15-20(23-24-26)21(27)22-17-7-2-3-8-17/h4,6,10,12,15,17-18H,2-3,5,7-9,11,13-14H2,1H3,(H,22,27)/t18-/m1/s1. The molecule has 2 aliphatic rings. The molecular weight excluding hydrogens is 354 g/mol. The summed E-state index contributed by atoms with van der Waals surface area (Å²) in [5.74, 6) is 0.794. The maximum absolute atomic E-state index is 12.4. The van der Waals surface area contributed by atoms with Crippen molar-refractivity contribution in [1.82, 2.24) is 25.2 Å². The first-order valence-corrected chi connectivity index (χ1v) is 10.3. The van der Waals surface area contributed by atoms with Gasteiger partial charge in [-0.3, -0.25) is 9.69 Å². The molecule has 1 aliphatic carbocycles. The van der Waals surface area contributed by atoms with Crippen LogP contribution in [0.15, 0.2) is 30.5 Å². The molecule has 0 spiro atoms. The molecule has 0 radical (unpaired) electrons. The van der Waals surface area contributed by atoms with Crippen molar-refractivity contribution in [3.63, 3.8) is 0 Å². The number of piperidine rings is 1. The van der Waals surface area contributed by atoms with Gasteiger partial charge in [0.15, 0.2) is 5.69 Å². The van der Waals surface area contributed by atoms with Gasteiger partial charge >= 0.3 is 0 Å². The van der Waals surface area contributed by atoms with E-state index in [2.05, 4.69) is 32.7 Å². The number of hydrogen-bond acceptors (Lipinski definition) is 5. The number of benzene rings is 1. The van der Waals surface area contributed by atoms with Gasteiger partial charge in [0.2, 0.25) is 0 Å². The molecule has 7 nitrogen and oxygen atoms in total. The zero-order valence-corrected chi connectivity index (χ0v) is 16.5. The molecule has 1 N–H and O–H groups in total. The van der Waals surface area contributed by atoms with E-state index < -0.39 is 0 Å². The van der Waals surface area contributed by atoms with E-state index in [1.54, 1.807) is 7.11 Å². The van der Waals surface area contributed by atoms with E-state index in [0.717, 1.165) is 51.1 Å². The summed E-state index contributed by atoms with van der Waals surface area (Å²) in [6, 6.07) is 8.77. The predicted molar refractivity (Wildman–Crippen MR) is 106 cm³/mol. The van der Waals surface area contributed by atoms with Crippen LogP contribution in [-0.4, -0.2) is 52.0 Å². The quantitative estimate of drug-likeness (QED) is 0.830. The van der Waals surface area contributed by atoms with Crippen molar-refractivity contribution in [3.8, 4) is 5.75 Å². The molecule has 1 aromatic carbocycles. The van der Waals surface area contributed by atoms with E-state index in [1.165, 1.54) is 18.4 Å². The number of carbonyl (C=O) groups excluding carboxylic acids is 1. The maximum atomic E-state index is 12.4. The van der Waals surface area contributed by atoms with Gasteiger partial charge in [0.1, 0.15) is 5.75 Å². The molecule has 2 aromatic rings. The van der Waals surface area contributed by atoms with E-state index in [9.17, 15) is 4.79 Å². The smallest absolute Gasteiger partial charge is 0.273 e. The second-order valence-electron chi connectivity index (χ2n) is 7.92. The molecule has 1 saturated heterocycles. The molecule has 150 valence electrons. The van der Waals surface area contributed by atoms with Gasteiger partial charge in [0.25, 0.3) is 5.91 Å². The minimum Gasteiger partial charge on any atom is -0.497 e. The number of hydrogen-bond donors (Lipinski definition) is 1. The second kappa shape index (κ2) is 8.73. The molecule has 1 aromatic heterocycles. The fourth-order valence-electron chi connectivity index (χ4n) is 4.31. The van der Waals surface area contributed by atoms with Crippen molar-refractivity contribution in [3.05, 3.63) is 41.7 Å². The Kier molecular flexibility index (Phi) is 5.90. The number of carbonyl (C=O) groups is 1. The summed E-state index contributed by atoms with van der Waals surface area (Å²) in [6.07, 6.45) is 8.51. The van der Waals surface area contributed by atoms with Crippen molar-refractivity contribution < 1.29 is 9.53 Å². The third-order valence-corrected chi connectivity index (χ3v) is 5.83. The average Bonchev–Trinajstić information content (AvgIpc) is 3.40. The molecule has 0 unspecified atom stereocenters. The molecule has 2 heterocycles. The predicted octanol–water partition coefficient (Wildman–Crippen LogP) is 2.80. The number of methoxy groups -OCH3 is 1. The van der Waals surface area contributed by atoms with Gasteiger partial charge in [-0.2, -0.15) is 0 Å². The molecule has 0 bridgehead atoms. The Morgan fingerprint density at radius 3 is 2.93 bits per heavy atom. The summed E-state index contributed by atoms with van der Waals surface area (Å²) < 4.78 is 7.20. The van der Waals surface area contributed by atoms with Crippen LogP contribution in [-0.2, 0) is 6.54 Å². The zero-order chi connectivity index (χ0) is 19.3. The maximum Gasteiger partial charge on any atom is 0.273 e. The molecule has 1 aliphatic heterocycles. The van der Waals surface area contributed by atoms with Crippen LogP contribution in [0.2, 0.25) is 0 Å². The fourth-order valence-corrected chi connectivity index (χ4v) is 4.31. The Balaban J connectivity index is 1.36. The lowest BCUT2D eigenvalue weighted by Gasteiger charge is -2.32. The highest BCUT2D eigenvalue weighted by Crippen LogP contribution is 2.23. The molecule has 4 rings (SSSR count). The Bertz CT molecular complexity index is 800. The molecule has 1 saturated carbocycles. The van der Waals surface area contributed by atoms with Gasteiger partial charge < -0.3 is 10.1 Å². The monoisotopic (exact) mass is 383 g/mol. The topological polar surface area (TPSA) is 72.3 Å². The Morgan fingerprint density at radius 2 is 2.11 bits per heavy atom. The van der Waals surface area contributed by atoms with Crippen LogP contribution in [0.3, 0.4) is 0 Å². The van der Waals surface area contributed by atoms with Crippen molar-refractivity contribution in [1.29, 1.82) is 0 Å². The SMILES string of the molecule is COc1cccc(CN2CCC[C@@H](n3cc(C(=O)NC4CCCC4)nn3)C2)c1. The minimum absolute atomic E-state index is 0.0952. The summed E-state index contributed by atoms with van der Waals surface area (Å²) in [6.45, 7) is 2.86. The fraction of sp³-hybridized carbons (Fsp3) is 0.571. The highest BCUT2D eigenvalue weighted by molar-refractivity contribution is 5.92. The van der Waals surface area contributed by atoms with Crippen LogP contribution in [0.5, 0.6) is 5.75 Å². The number of rotatable bonds is 6. The van der Waals surface area contributed by atoms with Gasteiger partial charge in [0.05, 0.1) is 19.3 Å². The Labute approximate surface area is 166 Å². The number of nitrogens with one attached hydrogen (secondary N) is 1. The number of ether oxygens (including phenoxy) is 1. The first-order valence-electron chi connectivity index (χ1n) is 10.3. The molecule has 28 heavy (non-hydrogen) atoms. The summed E-state index contributed by atoms with van der Waals surface area (Å²) in [7, 11) is 1.70. The van der Waals surface area contributed by atoms with E-state index >= 15 is 0 Å². The Morgan fingerprint density at radius 1 is 1.25 bits per heavy atom. The van der Waals surface area contributed by atoms with E-state index in [0.29, 0.717) is 11.7 Å². The highest BCUT2D eigenvalue weighted by atomic mass is 16.5. The lowest BCUT2D eigenvalue weighted by atomic mass is 10.0. The largest absolute Gasteiger partial charge is 0.497 e. The van der Waals surface area contributed by atoms with E-state index in [1.807, 2.05) is 23.0 Å². The van der Waals surface area contributed by atoms with Crippen molar-refractivity contribution >= 4 is 5.91 Å². The van der Waals surface area contributed by atoms with Crippen LogP contribution >= 0.6 is 0 Å². The molecule has 7 heteroatoms. The van der Waals surface area contributed by atoms with Crippen LogP contribution in [0.25, 0.3) is 0 Å². The summed E-state index contributed by atoms with van der Waals surface area (Å²) in [4.78, 5) is 14.8. The van der Waals surface area contributed by atoms with E-state index in [-0.39, 0.29) is 11.9 Å². The third kappa shape index (κ3) is 4.52. The van der Waals surface area contributed by atoms with Gasteiger partial charge in [-0.15, -0.1) is 5.10 Å². The lowest BCUT2D eigenvalue weighted by molar-refractivity contribution is 0.0932. The lowest BCUT2D eigenvalue weighted by Crippen LogP contribution is -2.36. The second-order valence-corrected chi connectivity index (χ2v) is 7.92. The zero-order valence-electron chi connectivity index (χ0n) is 16.5. The van der Waals surface area contributed by atoms with Crippen LogP contribution in [0.4, 0.5) is 0 Å². The van der Waals surface area contributed by atoms with Gasteiger partial charge in [-0.1, -0.05) is 30.2 Å². The number of likely N-dealkylation sites (tertiary alicyclic amines) is 1. The Hall–Kier alpha value is -2.41. The van der Waals surface area contributed by atoms with Crippen molar-refractivity contribution in [2.45, 2.75) is 57.2 Å². The third-order valence-electron chi connectivity index (χ3n) is 5.83. The first-order chi connectivity index (χ1) is 13.7. The van der Waals surface area contributed by atoms with E-state index in [4.69, 9.17) is 4.74 Å². The summed E-state index contributed by atoms with van der Waals surface area (Å²) in [5, 5.41) is 11.5.